The highest BCUT2D eigenvalue weighted by molar-refractivity contribution is 6.05. The Morgan fingerprint density at radius 2 is 1.32 bits per heavy atom. The molecule has 0 radical (unpaired) electrons. The van der Waals surface area contributed by atoms with Crippen LogP contribution in [0.1, 0.15) is 29.8 Å². The first-order valence-corrected chi connectivity index (χ1v) is 12.7. The van der Waals surface area contributed by atoms with Gasteiger partial charge < -0.3 is 27.2 Å². The summed E-state index contributed by atoms with van der Waals surface area (Å²) in [5.41, 5.74) is 8.75. The number of carbonyl (C=O) groups excluding carboxylic acids is 1. The zero-order valence-electron chi connectivity index (χ0n) is 22.2. The van der Waals surface area contributed by atoms with Crippen molar-refractivity contribution in [3.8, 4) is 0 Å². The molecule has 2 heterocycles. The molecule has 2 aromatic heterocycles. The van der Waals surface area contributed by atoms with Crippen LogP contribution in [-0.2, 0) is 0 Å². The fourth-order valence-corrected chi connectivity index (χ4v) is 3.90. The lowest BCUT2D eigenvalue weighted by Gasteiger charge is -2.12. The number of amidine groups is 1. The Labute approximate surface area is 232 Å². The molecule has 0 saturated carbocycles. The van der Waals surface area contributed by atoms with E-state index < -0.39 is 0 Å². The Kier molecular flexibility index (Phi) is 9.20. The van der Waals surface area contributed by atoms with Gasteiger partial charge in [0.2, 0.25) is 0 Å². The number of hydrogen-bond acceptors (Lipinski definition) is 8. The number of hydrazone groups is 1. The van der Waals surface area contributed by atoms with E-state index in [1.165, 1.54) is 0 Å². The monoisotopic (exact) mass is 533 g/mol. The van der Waals surface area contributed by atoms with Crippen molar-refractivity contribution < 1.29 is 4.79 Å². The summed E-state index contributed by atoms with van der Waals surface area (Å²) in [7, 11) is 0. The molecule has 0 spiro atoms. The molecule has 3 aromatic carbocycles. The van der Waals surface area contributed by atoms with E-state index in [1.54, 1.807) is 30.7 Å². The molecule has 5 aromatic rings. The number of anilines is 5. The molecule has 0 fully saturated rings. The van der Waals surface area contributed by atoms with Gasteiger partial charge in [-0.15, -0.1) is 0 Å². The number of amides is 1. The molecule has 0 atom stereocenters. The first-order valence-electron chi connectivity index (χ1n) is 12.7. The Bertz CT molecular complexity index is 1590. The molecule has 5 rings (SSSR count). The summed E-state index contributed by atoms with van der Waals surface area (Å²) in [4.78, 5) is 21.2. The Balaban J connectivity index is 0.00000181. The molecule has 10 heteroatoms. The van der Waals surface area contributed by atoms with Crippen molar-refractivity contribution in [2.75, 3.05) is 16.0 Å². The van der Waals surface area contributed by atoms with Gasteiger partial charge in [0.1, 0.15) is 0 Å². The van der Waals surface area contributed by atoms with Crippen LogP contribution >= 0.6 is 0 Å². The van der Waals surface area contributed by atoms with Crippen LogP contribution in [0.3, 0.4) is 0 Å². The summed E-state index contributed by atoms with van der Waals surface area (Å²) in [6.07, 6.45) is 5.17. The van der Waals surface area contributed by atoms with Crippen molar-refractivity contribution in [1.82, 2.24) is 15.4 Å². The Hall–Kier alpha value is -5.48. The maximum atomic E-state index is 12.8. The van der Waals surface area contributed by atoms with Gasteiger partial charge in [0, 0.05) is 63.5 Å². The molecular formula is C30H31N9O. The predicted octanol–water partition coefficient (Wildman–Crippen LogP) is 5.48. The van der Waals surface area contributed by atoms with Gasteiger partial charge in [-0.25, -0.2) is 5.84 Å². The third-order valence-electron chi connectivity index (χ3n) is 5.82. The molecule has 202 valence electrons. The van der Waals surface area contributed by atoms with Crippen LogP contribution in [0.2, 0.25) is 0 Å². The van der Waals surface area contributed by atoms with E-state index in [4.69, 9.17) is 11.7 Å². The maximum Gasteiger partial charge on any atom is 0.255 e. The second kappa shape index (κ2) is 13.4. The van der Waals surface area contributed by atoms with Crippen LogP contribution in [0.15, 0.2) is 109 Å². The van der Waals surface area contributed by atoms with Crippen molar-refractivity contribution in [3.63, 3.8) is 0 Å². The number of carbonyl (C=O) groups is 1. The molecule has 0 aliphatic carbocycles. The minimum Gasteiger partial charge on any atom is -0.355 e. The molecule has 0 unspecified atom stereocenters. The first kappa shape index (κ1) is 27.6. The maximum absolute atomic E-state index is 12.8. The molecule has 10 nitrogen and oxygen atoms in total. The van der Waals surface area contributed by atoms with Crippen LogP contribution in [-0.4, -0.2) is 21.7 Å². The van der Waals surface area contributed by atoms with Crippen LogP contribution < -0.4 is 33.1 Å². The molecule has 0 bridgehead atoms. The van der Waals surface area contributed by atoms with Gasteiger partial charge in [-0.2, -0.15) is 5.10 Å². The highest BCUT2D eigenvalue weighted by Crippen LogP contribution is 2.27. The van der Waals surface area contributed by atoms with E-state index in [2.05, 4.69) is 36.4 Å². The normalized spacial score (nSPS) is 10.7. The number of benzene rings is 3. The van der Waals surface area contributed by atoms with Crippen LogP contribution in [0.5, 0.6) is 0 Å². The highest BCUT2D eigenvalue weighted by Gasteiger charge is 2.09. The SMILES string of the molecule is CC.N/N=C(\NN)c1ccc2nccc(Nc3ccc(C(=O)Nc4ccc(Nc5ccncc5)cc4)cc3)c2c1. The fraction of sp³-hybridized carbons (Fsp3) is 0.0667. The van der Waals surface area contributed by atoms with Gasteiger partial charge in [-0.3, -0.25) is 14.8 Å². The van der Waals surface area contributed by atoms with Crippen LogP contribution in [0.25, 0.3) is 10.9 Å². The van der Waals surface area contributed by atoms with Crippen molar-refractivity contribution in [2.45, 2.75) is 13.8 Å². The highest BCUT2D eigenvalue weighted by atomic mass is 16.1. The molecule has 0 saturated heterocycles. The number of aromatic nitrogens is 2. The number of nitrogens with one attached hydrogen (secondary N) is 4. The second-order valence-electron chi connectivity index (χ2n) is 8.31. The molecule has 8 N–H and O–H groups in total. The third kappa shape index (κ3) is 6.69. The number of nitrogens with two attached hydrogens (primary N) is 2. The summed E-state index contributed by atoms with van der Waals surface area (Å²) < 4.78 is 0. The van der Waals surface area contributed by atoms with Crippen molar-refractivity contribution in [3.05, 3.63) is 115 Å². The zero-order valence-corrected chi connectivity index (χ0v) is 22.2. The Morgan fingerprint density at radius 3 is 2.00 bits per heavy atom. The molecule has 0 aliphatic rings. The van der Waals surface area contributed by atoms with Crippen LogP contribution in [0, 0.1) is 0 Å². The van der Waals surface area contributed by atoms with Crippen molar-refractivity contribution in [2.24, 2.45) is 16.8 Å². The predicted molar refractivity (Wildman–Crippen MR) is 163 cm³/mol. The van der Waals surface area contributed by atoms with E-state index in [9.17, 15) is 4.79 Å². The standard InChI is InChI=1S/C28H25N9O.C2H6/c29-36-27(37-30)19-3-10-25-24(17-19)26(13-16-32-25)34-21-4-1-18(2-5-21)28(38)35-22-8-6-20(7-9-22)33-23-11-14-31-15-12-23;1-2/h1-17H,29-30H2,(H,31,33)(H,32,34)(H,35,38)(H,36,37);1-2H3. The number of fused-ring (bicyclic) bond motifs is 1. The number of pyridine rings is 2. The number of nitrogens with zero attached hydrogens (tertiary/aromatic N) is 3. The number of rotatable bonds is 7. The molecule has 40 heavy (non-hydrogen) atoms. The minimum absolute atomic E-state index is 0.201. The second-order valence-corrected chi connectivity index (χ2v) is 8.31. The molecule has 0 aliphatic heterocycles. The first-order chi connectivity index (χ1) is 19.6. The van der Waals surface area contributed by atoms with Gasteiger partial charge in [0.25, 0.3) is 5.91 Å². The zero-order chi connectivity index (χ0) is 28.3. The molecular weight excluding hydrogens is 502 g/mol. The van der Waals surface area contributed by atoms with Crippen molar-refractivity contribution >= 4 is 51.1 Å². The third-order valence-corrected chi connectivity index (χ3v) is 5.82. The average Bonchev–Trinajstić information content (AvgIpc) is 3.01. The lowest BCUT2D eigenvalue weighted by molar-refractivity contribution is 0.102. The largest absolute Gasteiger partial charge is 0.355 e. The average molecular weight is 534 g/mol. The van der Waals surface area contributed by atoms with Gasteiger partial charge in [-0.05, 0) is 84.9 Å². The van der Waals surface area contributed by atoms with Crippen LogP contribution in [0.4, 0.5) is 28.4 Å². The summed E-state index contributed by atoms with van der Waals surface area (Å²) in [6.45, 7) is 4.00. The summed E-state index contributed by atoms with van der Waals surface area (Å²) in [6, 6.07) is 26.0. The van der Waals surface area contributed by atoms with Gasteiger partial charge in [-0.1, -0.05) is 13.8 Å². The van der Waals surface area contributed by atoms with Crippen molar-refractivity contribution in [1.29, 1.82) is 0 Å². The van der Waals surface area contributed by atoms with Gasteiger partial charge in [0.05, 0.1) is 5.52 Å². The van der Waals surface area contributed by atoms with E-state index in [1.807, 2.05) is 86.6 Å². The summed E-state index contributed by atoms with van der Waals surface area (Å²) >= 11 is 0. The summed E-state index contributed by atoms with van der Waals surface area (Å²) in [5.74, 6) is 11.1. The lowest BCUT2D eigenvalue weighted by Crippen LogP contribution is -2.32. The molecule has 1 amide bonds. The Morgan fingerprint density at radius 1 is 0.725 bits per heavy atom. The smallest absolute Gasteiger partial charge is 0.255 e. The minimum atomic E-state index is -0.201. The van der Waals surface area contributed by atoms with Gasteiger partial charge in [0.15, 0.2) is 5.84 Å². The van der Waals surface area contributed by atoms with E-state index in [0.717, 1.165) is 39.2 Å². The van der Waals surface area contributed by atoms with E-state index in [-0.39, 0.29) is 5.91 Å². The number of hydrogen-bond donors (Lipinski definition) is 6. The fourth-order valence-electron chi connectivity index (χ4n) is 3.90. The number of hydrazine groups is 1. The van der Waals surface area contributed by atoms with E-state index >= 15 is 0 Å². The summed E-state index contributed by atoms with van der Waals surface area (Å²) in [5, 5.41) is 14.1. The van der Waals surface area contributed by atoms with Gasteiger partial charge >= 0.3 is 0 Å². The quantitative estimate of drug-likeness (QED) is 0.0695. The topological polar surface area (TPSA) is 155 Å². The lowest BCUT2D eigenvalue weighted by atomic mass is 10.1. The van der Waals surface area contributed by atoms with E-state index in [0.29, 0.717) is 17.1 Å².